The van der Waals surface area contributed by atoms with E-state index >= 15 is 0 Å². The first-order chi connectivity index (χ1) is 52.9. The van der Waals surface area contributed by atoms with Crippen molar-refractivity contribution in [3.05, 3.63) is 149 Å². The average Bonchev–Trinajstić information content (AvgIpc) is 1.62. The van der Waals surface area contributed by atoms with Crippen LogP contribution in [-0.4, -0.2) is 233 Å². The number of hydrogen-bond acceptors (Lipinski definition) is 22. The van der Waals surface area contributed by atoms with Gasteiger partial charge in [-0.1, -0.05) is 91.7 Å². The van der Waals surface area contributed by atoms with Crippen molar-refractivity contribution in [2.45, 2.75) is 117 Å². The van der Waals surface area contributed by atoms with Crippen molar-refractivity contribution in [3.8, 4) is 23.0 Å². The maximum Gasteiger partial charge on any atom is 0.416 e. The Morgan fingerprint density at radius 2 is 1.06 bits per heavy atom. The first-order valence-corrected chi connectivity index (χ1v) is 37.1. The Morgan fingerprint density at radius 3 is 1.62 bits per heavy atom. The van der Waals surface area contributed by atoms with Crippen molar-refractivity contribution in [1.29, 1.82) is 0 Å². The van der Waals surface area contributed by atoms with Crippen LogP contribution in [0.2, 0.25) is 0 Å². The number of fused-ring (bicyclic) bond motifs is 4. The third kappa shape index (κ3) is 27.5. The van der Waals surface area contributed by atoms with E-state index in [-0.39, 0.29) is 92.4 Å². The summed E-state index contributed by atoms with van der Waals surface area (Å²) in [6, 6.07) is 27.3. The van der Waals surface area contributed by atoms with Gasteiger partial charge in [0, 0.05) is 49.4 Å². The monoisotopic (exact) mass is 1510 g/mol. The second-order valence-electron chi connectivity index (χ2n) is 26.5. The number of aliphatic hydroxyl groups excluding tert-OH is 1. The lowest BCUT2D eigenvalue weighted by Crippen LogP contribution is -2.53. The molecule has 0 aromatic heterocycles. The summed E-state index contributed by atoms with van der Waals surface area (Å²) in [5, 5.41) is 23.1. The van der Waals surface area contributed by atoms with Gasteiger partial charge in [-0.3, -0.25) is 33.8 Å². The minimum absolute atomic E-state index is 0.00729. The van der Waals surface area contributed by atoms with Crippen LogP contribution in [0.25, 0.3) is 0 Å². The number of carbonyl (C=O) groups excluding carboxylic acids is 7. The zero-order valence-corrected chi connectivity index (χ0v) is 63.5. The van der Waals surface area contributed by atoms with E-state index < -0.39 is 54.1 Å². The predicted octanol–water partition coefficient (Wildman–Crippen LogP) is 8.35. The second-order valence-corrected chi connectivity index (χ2v) is 26.5. The van der Waals surface area contributed by atoms with Crippen LogP contribution >= 0.6 is 0 Å². The maximum absolute atomic E-state index is 14.3. The van der Waals surface area contributed by atoms with Crippen LogP contribution in [0.3, 0.4) is 0 Å². The van der Waals surface area contributed by atoms with Crippen LogP contribution in [0.4, 0.5) is 21.9 Å². The van der Waals surface area contributed by atoms with E-state index in [4.69, 9.17) is 61.6 Å². The number of nitrogens with one attached hydrogen (secondary N) is 4. The molecule has 4 aromatic carbocycles. The number of unbranched alkanes of at least 4 members (excludes halogenated alkanes) is 2. The molecule has 29 nitrogen and oxygen atoms in total. The number of nitrogens with zero attached hydrogens (tertiary/aromatic N) is 4. The molecule has 5 N–H and O–H groups in total. The highest BCUT2D eigenvalue weighted by molar-refractivity contribution is 6.07. The molecule has 4 aliphatic heterocycles. The minimum Gasteiger partial charge on any atom is -0.493 e. The van der Waals surface area contributed by atoms with Gasteiger partial charge >= 0.3 is 6.09 Å². The minimum atomic E-state index is -1.52. The summed E-state index contributed by atoms with van der Waals surface area (Å²) in [5.74, 6) is -1.09. The predicted molar refractivity (Wildman–Crippen MR) is 406 cm³/mol. The molecule has 109 heavy (non-hydrogen) atoms. The van der Waals surface area contributed by atoms with Gasteiger partial charge in [-0.2, -0.15) is 0 Å². The van der Waals surface area contributed by atoms with E-state index in [0.29, 0.717) is 159 Å². The Kier molecular flexibility index (Phi) is 35.9. The van der Waals surface area contributed by atoms with Crippen molar-refractivity contribution in [2.75, 3.05) is 150 Å². The third-order valence-corrected chi connectivity index (χ3v) is 17.6. The van der Waals surface area contributed by atoms with Gasteiger partial charge in [0.25, 0.3) is 11.8 Å². The molecule has 0 unspecified atom stereocenters. The number of aliphatic hydroxyl groups is 1. The summed E-state index contributed by atoms with van der Waals surface area (Å²) < 4.78 is 73.9. The Labute approximate surface area is 637 Å². The van der Waals surface area contributed by atoms with Gasteiger partial charge in [0.1, 0.15) is 18.7 Å². The van der Waals surface area contributed by atoms with Gasteiger partial charge in [0.15, 0.2) is 29.2 Å². The van der Waals surface area contributed by atoms with Crippen molar-refractivity contribution < 1.29 is 100 Å². The Bertz CT molecular complexity index is 3750. The van der Waals surface area contributed by atoms with E-state index in [1.165, 1.54) is 38.2 Å². The topological polar surface area (TPSA) is 330 Å². The van der Waals surface area contributed by atoms with Crippen molar-refractivity contribution in [1.82, 2.24) is 25.8 Å². The molecule has 0 fully saturated rings. The molecule has 592 valence electrons. The zero-order valence-electron chi connectivity index (χ0n) is 63.5. The molecule has 0 spiro atoms. The number of aliphatic imine (C=N–C) groups is 1. The summed E-state index contributed by atoms with van der Waals surface area (Å²) >= 11 is 0. The standard InChI is InChI=1S/C80H106N8O21/c1-55(2)74(85-72(89)24-28-99-30-32-101-34-36-103-38-40-105-42-43-106-41-39-104-37-35-102-33-31-100-29-25-81-73(90)46-59-18-14-11-9-8-10-12-15-19-59)76(92)83-58(5)75(91)84-61-22-20-60(21-23-61)54-109-80(96)88-66-50-71(69(98-7)48-64(66)78(94)87-53-57(4)45-67(87)79(88)95)108-27-17-13-16-26-107-70-49-65-63(47-68(70)97-6)77(93)86-52-56(3)44-62(86)51-82-65/h8-12,14-15,18-23,47-53,55,58,62,67,74,79,95H,13,16-17,24-46,54H2,1-7H3,(H,81,90)(H,83,92)(H,84,91)(H,85,89)/t58-,62-,67-,74-,79-/m0/s1. The summed E-state index contributed by atoms with van der Waals surface area (Å²) in [6.45, 7) is 15.5. The van der Waals surface area contributed by atoms with Gasteiger partial charge in [0.05, 0.1) is 174 Å². The fraction of sp³-hybridized carbons (Fsp3) is 0.500. The number of rotatable bonds is 47. The first kappa shape index (κ1) is 85.1. The Hall–Kier alpha value is -9.56. The highest BCUT2D eigenvalue weighted by atomic mass is 16.6. The van der Waals surface area contributed by atoms with Crippen molar-refractivity contribution >= 4 is 64.8 Å². The lowest BCUT2D eigenvalue weighted by molar-refractivity contribution is -0.132. The summed E-state index contributed by atoms with van der Waals surface area (Å²) in [4.78, 5) is 103. The molecule has 4 heterocycles. The SMILES string of the molecule is COc1cc2c(cc1OCCCCCOc1cc3c(cc1OC)C(=O)N1C=C(C)C[C@H]1[C@H](O)N3C(=O)OCc1ccc(NC(=O)[C@H](C)NC(=O)[C@@H](NC(=O)CCOCCOCCOCCOCCOCCOCCOCCOCCNC(=O)Cc3ccccccccc3)C(C)C)cc1)N=C[C@@H]1CC(C)=CN1C2=O. The number of carbonyl (C=O) groups is 7. The van der Waals surface area contributed by atoms with Gasteiger partial charge in [-0.15, -0.1) is 0 Å². The highest BCUT2D eigenvalue weighted by Gasteiger charge is 2.45. The third-order valence-electron chi connectivity index (χ3n) is 17.6. The number of amides is 7. The number of ether oxygens (including phenoxy) is 13. The van der Waals surface area contributed by atoms with Crippen LogP contribution in [0, 0.1) is 5.92 Å². The molecule has 0 bridgehead atoms. The van der Waals surface area contributed by atoms with Crippen LogP contribution in [0.1, 0.15) is 105 Å². The molecule has 7 amide bonds. The molecule has 4 aromatic rings. The van der Waals surface area contributed by atoms with Crippen LogP contribution < -0.4 is 45.1 Å². The lowest BCUT2D eigenvalue weighted by atomic mass is 10.0. The zero-order chi connectivity index (χ0) is 77.7. The fourth-order valence-corrected chi connectivity index (χ4v) is 11.9. The molecule has 0 aliphatic carbocycles. The van der Waals surface area contributed by atoms with Crippen LogP contribution in [-0.2, 0) is 74.8 Å². The van der Waals surface area contributed by atoms with Gasteiger partial charge in [-0.25, -0.2) is 9.69 Å². The lowest BCUT2D eigenvalue weighted by Gasteiger charge is -2.31. The van der Waals surface area contributed by atoms with E-state index in [1.54, 1.807) is 67.6 Å². The molecule has 4 aliphatic rings. The molecular formula is C80H106N8O21. The molecule has 5 atom stereocenters. The van der Waals surface area contributed by atoms with E-state index in [9.17, 15) is 38.7 Å². The summed E-state index contributed by atoms with van der Waals surface area (Å²) in [7, 11) is 2.97. The quantitative estimate of drug-likeness (QED) is 0.0259. The summed E-state index contributed by atoms with van der Waals surface area (Å²) in [5.41, 5.74) is 4.85. The largest absolute Gasteiger partial charge is 0.493 e. The number of hydrogen-bond donors (Lipinski definition) is 5. The van der Waals surface area contributed by atoms with Crippen LogP contribution in [0.15, 0.2) is 132 Å². The Morgan fingerprint density at radius 1 is 0.541 bits per heavy atom. The normalized spacial score (nSPS) is 16.1. The van der Waals surface area contributed by atoms with Gasteiger partial charge in [-0.05, 0) is 94.2 Å². The molecular weight excluding hydrogens is 1410 g/mol. The van der Waals surface area contributed by atoms with Crippen molar-refractivity contribution in [2.24, 2.45) is 10.9 Å². The van der Waals surface area contributed by atoms with Gasteiger partial charge < -0.3 is 97.8 Å². The smallest absolute Gasteiger partial charge is 0.416 e. The molecule has 0 radical (unpaired) electrons. The number of benzene rings is 3. The number of methoxy groups -OCH3 is 2. The molecule has 0 saturated heterocycles. The highest BCUT2D eigenvalue weighted by Crippen LogP contribution is 2.43. The van der Waals surface area contributed by atoms with E-state index in [1.807, 2.05) is 74.6 Å². The van der Waals surface area contributed by atoms with Gasteiger partial charge in [0.2, 0.25) is 23.6 Å². The molecule has 29 heteroatoms. The maximum atomic E-state index is 14.3. The Balaban J connectivity index is 0.645. The van der Waals surface area contributed by atoms with E-state index in [0.717, 1.165) is 28.0 Å². The van der Waals surface area contributed by atoms with Crippen LogP contribution in [0.5, 0.6) is 23.0 Å². The molecule has 8 rings (SSSR count). The molecule has 0 saturated carbocycles. The fourth-order valence-electron chi connectivity index (χ4n) is 11.9. The first-order valence-electron chi connectivity index (χ1n) is 37.1. The number of anilines is 2. The summed E-state index contributed by atoms with van der Waals surface area (Å²) in [6.07, 6.45) is 6.09. The average molecular weight is 1520 g/mol. The van der Waals surface area contributed by atoms with E-state index in [2.05, 4.69) is 26.3 Å². The second kappa shape index (κ2) is 46.1. The van der Waals surface area contributed by atoms with Crippen molar-refractivity contribution in [3.63, 3.8) is 0 Å².